The van der Waals surface area contributed by atoms with Gasteiger partial charge in [-0.05, 0) is 44.8 Å². The lowest BCUT2D eigenvalue weighted by Crippen LogP contribution is -2.45. The van der Waals surface area contributed by atoms with Crippen LogP contribution in [-0.2, 0) is 0 Å². The van der Waals surface area contributed by atoms with E-state index in [0.717, 1.165) is 12.5 Å². The fraction of sp³-hybridized carbons (Fsp3) is 1.00. The van der Waals surface area contributed by atoms with Gasteiger partial charge in [-0.2, -0.15) is 0 Å². The molecule has 0 heterocycles. The summed E-state index contributed by atoms with van der Waals surface area (Å²) in [4.78, 5) is 2.62. The largest absolute Gasteiger partial charge is 0.312 e. The van der Waals surface area contributed by atoms with E-state index >= 15 is 0 Å². The van der Waals surface area contributed by atoms with Crippen molar-refractivity contribution in [3.8, 4) is 0 Å². The summed E-state index contributed by atoms with van der Waals surface area (Å²) in [5.74, 6) is 0.776. The molecule has 0 aromatic heterocycles. The summed E-state index contributed by atoms with van der Waals surface area (Å²) < 4.78 is 0. The van der Waals surface area contributed by atoms with E-state index in [2.05, 4.69) is 44.8 Å². The zero-order valence-corrected chi connectivity index (χ0v) is 12.8. The molecule has 0 aliphatic carbocycles. The van der Waals surface area contributed by atoms with Crippen molar-refractivity contribution in [2.75, 3.05) is 26.2 Å². The van der Waals surface area contributed by atoms with Crippen molar-refractivity contribution in [2.45, 2.75) is 66.3 Å². The van der Waals surface area contributed by atoms with Crippen molar-refractivity contribution in [2.24, 2.45) is 5.92 Å². The van der Waals surface area contributed by atoms with Gasteiger partial charge >= 0.3 is 0 Å². The summed E-state index contributed by atoms with van der Waals surface area (Å²) in [6.07, 6.45) is 5.03. The van der Waals surface area contributed by atoms with Crippen molar-refractivity contribution >= 4 is 0 Å². The summed E-state index contributed by atoms with van der Waals surface area (Å²) in [5, 5.41) is 3.73. The molecule has 2 atom stereocenters. The zero-order valence-electron chi connectivity index (χ0n) is 12.8. The molecule has 0 spiro atoms. The lowest BCUT2D eigenvalue weighted by molar-refractivity contribution is 0.210. The van der Waals surface area contributed by atoms with Gasteiger partial charge in [-0.3, -0.25) is 0 Å². The van der Waals surface area contributed by atoms with Crippen LogP contribution >= 0.6 is 0 Å². The highest BCUT2D eigenvalue weighted by Gasteiger charge is 2.17. The van der Waals surface area contributed by atoms with Gasteiger partial charge in [-0.1, -0.05) is 41.0 Å². The van der Waals surface area contributed by atoms with Gasteiger partial charge in [0.2, 0.25) is 0 Å². The Labute approximate surface area is 109 Å². The van der Waals surface area contributed by atoms with Crippen molar-refractivity contribution in [1.82, 2.24) is 10.2 Å². The topological polar surface area (TPSA) is 15.3 Å². The quantitative estimate of drug-likeness (QED) is 0.596. The fourth-order valence-electron chi connectivity index (χ4n) is 2.26. The van der Waals surface area contributed by atoms with Gasteiger partial charge in [0.25, 0.3) is 0 Å². The number of hydrogen-bond acceptors (Lipinski definition) is 2. The first kappa shape index (κ1) is 16.9. The molecule has 0 rings (SSSR count). The molecule has 0 aliphatic heterocycles. The average Bonchev–Trinajstić information content (AvgIpc) is 2.33. The monoisotopic (exact) mass is 242 g/mol. The Morgan fingerprint density at radius 2 is 1.53 bits per heavy atom. The summed E-state index contributed by atoms with van der Waals surface area (Å²) in [5.41, 5.74) is 0. The maximum atomic E-state index is 3.73. The molecular weight excluding hydrogens is 208 g/mol. The highest BCUT2D eigenvalue weighted by Crippen LogP contribution is 2.10. The molecule has 2 nitrogen and oxygen atoms in total. The smallest absolute Gasteiger partial charge is 0.0220 e. The van der Waals surface area contributed by atoms with Crippen LogP contribution in [0.5, 0.6) is 0 Å². The van der Waals surface area contributed by atoms with Gasteiger partial charge in [0, 0.05) is 12.6 Å². The van der Waals surface area contributed by atoms with Gasteiger partial charge in [-0.25, -0.2) is 0 Å². The highest BCUT2D eigenvalue weighted by molar-refractivity contribution is 4.76. The van der Waals surface area contributed by atoms with E-state index in [0.29, 0.717) is 6.04 Å². The van der Waals surface area contributed by atoms with Gasteiger partial charge in [-0.15, -0.1) is 0 Å². The van der Waals surface area contributed by atoms with Crippen LogP contribution in [0.1, 0.15) is 60.3 Å². The molecule has 1 N–H and O–H groups in total. The fourth-order valence-corrected chi connectivity index (χ4v) is 2.26. The molecule has 0 aromatic rings. The predicted octanol–water partition coefficient (Wildman–Crippen LogP) is 3.52. The molecule has 0 aliphatic rings. The van der Waals surface area contributed by atoms with Crippen LogP contribution in [0.2, 0.25) is 0 Å². The summed E-state index contributed by atoms with van der Waals surface area (Å²) >= 11 is 0. The molecule has 0 radical (unpaired) electrons. The van der Waals surface area contributed by atoms with Gasteiger partial charge in [0.05, 0.1) is 0 Å². The van der Waals surface area contributed by atoms with E-state index in [9.17, 15) is 0 Å². The third-order valence-corrected chi connectivity index (χ3v) is 3.52. The highest BCUT2D eigenvalue weighted by atomic mass is 15.1. The van der Waals surface area contributed by atoms with E-state index in [1.807, 2.05) is 0 Å². The lowest BCUT2D eigenvalue weighted by atomic mass is 9.98. The van der Waals surface area contributed by atoms with Crippen LogP contribution in [0.25, 0.3) is 0 Å². The molecule has 0 saturated carbocycles. The van der Waals surface area contributed by atoms with E-state index in [1.54, 1.807) is 0 Å². The van der Waals surface area contributed by atoms with Crippen molar-refractivity contribution in [1.29, 1.82) is 0 Å². The van der Waals surface area contributed by atoms with Crippen LogP contribution in [0, 0.1) is 5.92 Å². The molecule has 0 bridgehead atoms. The van der Waals surface area contributed by atoms with E-state index in [1.165, 1.54) is 45.3 Å². The van der Waals surface area contributed by atoms with Gasteiger partial charge in [0.1, 0.15) is 0 Å². The molecule has 0 fully saturated rings. The van der Waals surface area contributed by atoms with Crippen molar-refractivity contribution in [3.05, 3.63) is 0 Å². The van der Waals surface area contributed by atoms with Gasteiger partial charge in [0.15, 0.2) is 0 Å². The van der Waals surface area contributed by atoms with Crippen LogP contribution in [-0.4, -0.2) is 37.1 Å². The van der Waals surface area contributed by atoms with Gasteiger partial charge < -0.3 is 10.2 Å². The summed E-state index contributed by atoms with van der Waals surface area (Å²) in [6, 6.07) is 0.665. The second-order valence-electron chi connectivity index (χ2n) is 5.25. The zero-order chi connectivity index (χ0) is 13.1. The van der Waals surface area contributed by atoms with Crippen LogP contribution in [0.15, 0.2) is 0 Å². The Morgan fingerprint density at radius 3 is 1.94 bits per heavy atom. The Balaban J connectivity index is 4.24. The minimum absolute atomic E-state index is 0.665. The maximum absolute atomic E-state index is 3.73. The van der Waals surface area contributed by atoms with Crippen LogP contribution < -0.4 is 5.32 Å². The van der Waals surface area contributed by atoms with Crippen molar-refractivity contribution in [3.63, 3.8) is 0 Å². The Kier molecular flexibility index (Phi) is 11.0. The first-order valence-electron chi connectivity index (χ1n) is 7.65. The predicted molar refractivity (Wildman–Crippen MR) is 78.6 cm³/mol. The molecule has 0 aromatic carbocycles. The molecule has 0 amide bonds. The molecule has 17 heavy (non-hydrogen) atoms. The minimum atomic E-state index is 0.665. The lowest BCUT2D eigenvalue weighted by Gasteiger charge is -2.31. The Hall–Kier alpha value is -0.0800. The van der Waals surface area contributed by atoms with E-state index in [4.69, 9.17) is 0 Å². The number of nitrogens with zero attached hydrogens (tertiary/aromatic N) is 1. The standard InChI is InChI=1S/C15H34N2/c1-6-10-16-15(14(5)9-4)13-17(11-7-2)12-8-3/h14-16H,6-13H2,1-5H3. The Morgan fingerprint density at radius 1 is 0.941 bits per heavy atom. The molecule has 2 unspecified atom stereocenters. The van der Waals surface area contributed by atoms with Crippen molar-refractivity contribution < 1.29 is 0 Å². The second kappa shape index (κ2) is 11.0. The first-order chi connectivity index (χ1) is 8.19. The Bertz CT molecular complexity index is 153. The number of hydrogen-bond donors (Lipinski definition) is 1. The molecular formula is C15H34N2. The summed E-state index contributed by atoms with van der Waals surface area (Å²) in [7, 11) is 0. The summed E-state index contributed by atoms with van der Waals surface area (Å²) in [6.45, 7) is 16.3. The number of rotatable bonds is 11. The molecule has 0 saturated heterocycles. The normalized spacial score (nSPS) is 15.2. The third-order valence-electron chi connectivity index (χ3n) is 3.52. The van der Waals surface area contributed by atoms with Crippen LogP contribution in [0.3, 0.4) is 0 Å². The SMILES string of the molecule is CCCNC(CN(CCC)CCC)C(C)CC. The van der Waals surface area contributed by atoms with E-state index in [-0.39, 0.29) is 0 Å². The average molecular weight is 242 g/mol. The maximum Gasteiger partial charge on any atom is 0.0220 e. The number of nitrogens with one attached hydrogen (secondary N) is 1. The van der Waals surface area contributed by atoms with E-state index < -0.39 is 0 Å². The second-order valence-corrected chi connectivity index (χ2v) is 5.25. The minimum Gasteiger partial charge on any atom is -0.312 e. The first-order valence-corrected chi connectivity index (χ1v) is 7.65. The third kappa shape index (κ3) is 7.77. The van der Waals surface area contributed by atoms with Crippen LogP contribution in [0.4, 0.5) is 0 Å². The molecule has 2 heteroatoms. The molecule has 104 valence electrons.